The summed E-state index contributed by atoms with van der Waals surface area (Å²) in [7, 11) is 0. The normalized spacial score (nSPS) is 11.6. The third-order valence-electron chi connectivity index (χ3n) is 1.73. The molecule has 0 saturated heterocycles. The summed E-state index contributed by atoms with van der Waals surface area (Å²) in [4.78, 5) is 20.9. The van der Waals surface area contributed by atoms with Gasteiger partial charge in [-0.25, -0.2) is 0 Å². The SMILES string of the molecule is C=C/C(=C\C=C\CCCC=O)C(C)=O. The summed E-state index contributed by atoms with van der Waals surface area (Å²) in [5.74, 6) is 0.0116. The molecular formula is C12H16O2. The molecule has 0 unspecified atom stereocenters. The van der Waals surface area contributed by atoms with Gasteiger partial charge in [-0.3, -0.25) is 4.79 Å². The monoisotopic (exact) mass is 192 g/mol. The van der Waals surface area contributed by atoms with Gasteiger partial charge in [0.1, 0.15) is 6.29 Å². The molecule has 0 aromatic heterocycles. The topological polar surface area (TPSA) is 34.1 Å². The molecule has 14 heavy (non-hydrogen) atoms. The maximum absolute atomic E-state index is 10.9. The van der Waals surface area contributed by atoms with E-state index in [-0.39, 0.29) is 5.78 Å². The van der Waals surface area contributed by atoms with Crippen LogP contribution in [0.1, 0.15) is 26.2 Å². The average molecular weight is 192 g/mol. The predicted octanol–water partition coefficient (Wildman–Crippen LogP) is 2.61. The number of aldehydes is 1. The van der Waals surface area contributed by atoms with E-state index in [9.17, 15) is 9.59 Å². The van der Waals surface area contributed by atoms with Gasteiger partial charge in [-0.2, -0.15) is 0 Å². The van der Waals surface area contributed by atoms with Gasteiger partial charge < -0.3 is 4.79 Å². The molecule has 0 bridgehead atoms. The van der Waals surface area contributed by atoms with Crippen molar-refractivity contribution in [1.82, 2.24) is 0 Å². The number of Topliss-reactive ketones (excluding diaryl/α,β-unsaturated/α-hetero) is 1. The van der Waals surface area contributed by atoms with Crippen LogP contribution in [0.15, 0.2) is 36.5 Å². The maximum Gasteiger partial charge on any atom is 0.159 e. The molecule has 0 aromatic carbocycles. The Morgan fingerprint density at radius 3 is 2.57 bits per heavy atom. The van der Waals surface area contributed by atoms with Crippen LogP contribution in [0.3, 0.4) is 0 Å². The van der Waals surface area contributed by atoms with Crippen LogP contribution in [0.25, 0.3) is 0 Å². The second kappa shape index (κ2) is 8.17. The zero-order chi connectivity index (χ0) is 10.8. The van der Waals surface area contributed by atoms with Crippen LogP contribution in [-0.2, 0) is 9.59 Å². The van der Waals surface area contributed by atoms with Gasteiger partial charge >= 0.3 is 0 Å². The first kappa shape index (κ1) is 12.6. The first-order chi connectivity index (χ1) is 6.72. The molecule has 0 N–H and O–H groups in total. The number of unbranched alkanes of at least 4 members (excludes halogenated alkanes) is 2. The van der Waals surface area contributed by atoms with Crippen molar-refractivity contribution in [2.45, 2.75) is 26.2 Å². The van der Waals surface area contributed by atoms with E-state index in [1.165, 1.54) is 13.0 Å². The Labute approximate surface area is 85.0 Å². The largest absolute Gasteiger partial charge is 0.303 e. The second-order valence-corrected chi connectivity index (χ2v) is 2.91. The fraction of sp³-hybridized carbons (Fsp3) is 0.333. The van der Waals surface area contributed by atoms with Crippen LogP contribution in [0, 0.1) is 0 Å². The molecule has 0 aliphatic rings. The molecule has 0 radical (unpaired) electrons. The lowest BCUT2D eigenvalue weighted by Gasteiger charge is -1.91. The Kier molecular flexibility index (Phi) is 7.33. The molecule has 2 nitrogen and oxygen atoms in total. The summed E-state index contributed by atoms with van der Waals surface area (Å²) in [6.45, 7) is 5.05. The van der Waals surface area contributed by atoms with E-state index in [2.05, 4.69) is 6.58 Å². The van der Waals surface area contributed by atoms with Gasteiger partial charge in [0.2, 0.25) is 0 Å². The van der Waals surface area contributed by atoms with Crippen molar-refractivity contribution in [1.29, 1.82) is 0 Å². The number of hydrogen-bond donors (Lipinski definition) is 0. The molecule has 76 valence electrons. The van der Waals surface area contributed by atoms with Crippen molar-refractivity contribution >= 4 is 12.1 Å². The van der Waals surface area contributed by atoms with E-state index in [4.69, 9.17) is 0 Å². The van der Waals surface area contributed by atoms with Crippen molar-refractivity contribution in [3.63, 3.8) is 0 Å². The third kappa shape index (κ3) is 6.12. The van der Waals surface area contributed by atoms with Gasteiger partial charge in [-0.15, -0.1) is 0 Å². The Bertz CT molecular complexity index is 259. The summed E-state index contributed by atoms with van der Waals surface area (Å²) in [5, 5.41) is 0. The van der Waals surface area contributed by atoms with E-state index in [1.807, 2.05) is 12.2 Å². The van der Waals surface area contributed by atoms with E-state index in [0.717, 1.165) is 19.1 Å². The molecule has 2 heteroatoms. The Morgan fingerprint density at radius 2 is 2.07 bits per heavy atom. The summed E-state index contributed by atoms with van der Waals surface area (Å²) >= 11 is 0. The standard InChI is InChI=1S/C12H16O2/c1-3-12(11(2)14)9-7-5-4-6-8-10-13/h3,5,7,9-10H,1,4,6,8H2,2H3/b7-5+,12-9+. The van der Waals surface area contributed by atoms with Crippen molar-refractivity contribution in [3.05, 3.63) is 36.5 Å². The molecule has 0 amide bonds. The maximum atomic E-state index is 10.9. The van der Waals surface area contributed by atoms with Gasteiger partial charge in [-0.05, 0) is 19.8 Å². The number of allylic oxidation sites excluding steroid dienone is 5. The minimum atomic E-state index is 0.0116. The predicted molar refractivity (Wildman–Crippen MR) is 58.0 cm³/mol. The molecule has 0 aliphatic heterocycles. The van der Waals surface area contributed by atoms with Crippen LogP contribution >= 0.6 is 0 Å². The summed E-state index contributed by atoms with van der Waals surface area (Å²) in [6, 6.07) is 0. The summed E-state index contributed by atoms with van der Waals surface area (Å²) in [6.07, 6.45) is 10.3. The zero-order valence-corrected chi connectivity index (χ0v) is 8.53. The second-order valence-electron chi connectivity index (χ2n) is 2.91. The summed E-state index contributed by atoms with van der Waals surface area (Å²) in [5.41, 5.74) is 0.608. The fourth-order valence-corrected chi connectivity index (χ4v) is 0.916. The van der Waals surface area contributed by atoms with Gasteiger partial charge in [-0.1, -0.05) is 30.9 Å². The minimum Gasteiger partial charge on any atom is -0.303 e. The highest BCUT2D eigenvalue weighted by molar-refractivity contribution is 5.96. The number of rotatable bonds is 7. The van der Waals surface area contributed by atoms with Gasteiger partial charge in [0.15, 0.2) is 5.78 Å². The third-order valence-corrected chi connectivity index (χ3v) is 1.73. The minimum absolute atomic E-state index is 0.0116. The Morgan fingerprint density at radius 1 is 1.36 bits per heavy atom. The van der Waals surface area contributed by atoms with Crippen LogP contribution in [0.4, 0.5) is 0 Å². The van der Waals surface area contributed by atoms with Crippen LogP contribution in [0.5, 0.6) is 0 Å². The number of carbonyl (C=O) groups excluding carboxylic acids is 2. The quantitative estimate of drug-likeness (QED) is 0.269. The van der Waals surface area contributed by atoms with Crippen molar-refractivity contribution < 1.29 is 9.59 Å². The van der Waals surface area contributed by atoms with Gasteiger partial charge in [0, 0.05) is 12.0 Å². The number of ketones is 1. The molecule has 0 spiro atoms. The average Bonchev–Trinajstić information content (AvgIpc) is 2.16. The lowest BCUT2D eigenvalue weighted by atomic mass is 10.1. The molecule has 0 heterocycles. The van der Waals surface area contributed by atoms with E-state index < -0.39 is 0 Å². The fourth-order valence-electron chi connectivity index (χ4n) is 0.916. The Balaban J connectivity index is 3.92. The van der Waals surface area contributed by atoms with Crippen LogP contribution in [0.2, 0.25) is 0 Å². The number of carbonyl (C=O) groups is 2. The molecule has 0 atom stereocenters. The number of hydrogen-bond acceptors (Lipinski definition) is 2. The molecule has 0 aliphatic carbocycles. The lowest BCUT2D eigenvalue weighted by molar-refractivity contribution is -0.113. The summed E-state index contributed by atoms with van der Waals surface area (Å²) < 4.78 is 0. The van der Waals surface area contributed by atoms with Crippen LogP contribution < -0.4 is 0 Å². The highest BCUT2D eigenvalue weighted by Crippen LogP contribution is 1.99. The van der Waals surface area contributed by atoms with Gasteiger partial charge in [0.05, 0.1) is 0 Å². The molecule has 0 aromatic rings. The highest BCUT2D eigenvalue weighted by atomic mass is 16.1. The first-order valence-electron chi connectivity index (χ1n) is 4.66. The van der Waals surface area contributed by atoms with Crippen molar-refractivity contribution in [2.24, 2.45) is 0 Å². The molecule has 0 saturated carbocycles. The van der Waals surface area contributed by atoms with Crippen molar-refractivity contribution in [2.75, 3.05) is 0 Å². The lowest BCUT2D eigenvalue weighted by Crippen LogP contribution is -1.91. The van der Waals surface area contributed by atoms with Crippen molar-refractivity contribution in [3.8, 4) is 0 Å². The first-order valence-corrected chi connectivity index (χ1v) is 4.66. The molecular weight excluding hydrogens is 176 g/mol. The Hall–Kier alpha value is -1.44. The smallest absolute Gasteiger partial charge is 0.159 e. The zero-order valence-electron chi connectivity index (χ0n) is 8.53. The van der Waals surface area contributed by atoms with Crippen LogP contribution in [-0.4, -0.2) is 12.1 Å². The molecule has 0 rings (SSSR count). The molecule has 0 fully saturated rings. The van der Waals surface area contributed by atoms with Gasteiger partial charge in [0.25, 0.3) is 0 Å². The van der Waals surface area contributed by atoms with E-state index >= 15 is 0 Å². The highest BCUT2D eigenvalue weighted by Gasteiger charge is 1.94. The van der Waals surface area contributed by atoms with E-state index in [0.29, 0.717) is 12.0 Å². The van der Waals surface area contributed by atoms with E-state index in [1.54, 1.807) is 6.08 Å².